The maximum absolute atomic E-state index is 11.7. The highest BCUT2D eigenvalue weighted by molar-refractivity contribution is 5.85. The smallest absolute Gasteiger partial charge is 0.411 e. The molecule has 0 spiro atoms. The third kappa shape index (κ3) is 6.39. The first-order valence-electron chi connectivity index (χ1n) is 7.65. The normalized spacial score (nSPS) is 11.2. The Kier molecular flexibility index (Phi) is 6.64. The Balaban J connectivity index is 1.63. The molecule has 24 heavy (non-hydrogen) atoms. The van der Waals surface area contributed by atoms with Crippen LogP contribution in [0.2, 0.25) is 0 Å². The molecule has 0 aromatic heterocycles. The van der Waals surface area contributed by atoms with E-state index in [-0.39, 0.29) is 12.7 Å². The number of carbonyl (C=O) groups excluding carboxylic acids is 2. The molecule has 0 aliphatic carbocycles. The first kappa shape index (κ1) is 17.3. The van der Waals surface area contributed by atoms with Crippen molar-refractivity contribution in [1.29, 1.82) is 0 Å². The highest BCUT2D eigenvalue weighted by Gasteiger charge is 2.11. The number of carbonyl (C=O) groups is 2. The number of benzene rings is 2. The summed E-state index contributed by atoms with van der Waals surface area (Å²) in [7, 11) is 0. The molecule has 2 aromatic carbocycles. The van der Waals surface area contributed by atoms with Crippen molar-refractivity contribution in [3.05, 3.63) is 60.7 Å². The van der Waals surface area contributed by atoms with Gasteiger partial charge in [0.2, 0.25) is 0 Å². The van der Waals surface area contributed by atoms with Crippen LogP contribution in [0.25, 0.3) is 0 Å². The summed E-state index contributed by atoms with van der Waals surface area (Å²) in [5.41, 5.74) is 1.32. The van der Waals surface area contributed by atoms with Gasteiger partial charge in [-0.15, -0.1) is 0 Å². The minimum atomic E-state index is -0.540. The number of amides is 2. The van der Waals surface area contributed by atoms with Gasteiger partial charge in [0.15, 0.2) is 0 Å². The molecule has 2 amide bonds. The Morgan fingerprint density at radius 1 is 0.875 bits per heavy atom. The lowest BCUT2D eigenvalue weighted by Crippen LogP contribution is -2.22. The Bertz CT molecular complexity index is 647. The number of hydrogen-bond acceptors (Lipinski definition) is 4. The van der Waals surface area contributed by atoms with Gasteiger partial charge in [-0.1, -0.05) is 36.4 Å². The van der Waals surface area contributed by atoms with Crippen LogP contribution in [-0.2, 0) is 9.47 Å². The summed E-state index contributed by atoms with van der Waals surface area (Å²) in [6.45, 7) is 1.89. The molecule has 6 nitrogen and oxygen atoms in total. The van der Waals surface area contributed by atoms with Gasteiger partial charge in [0, 0.05) is 17.8 Å². The van der Waals surface area contributed by atoms with E-state index < -0.39 is 12.2 Å². The minimum Gasteiger partial charge on any atom is -0.449 e. The second-order valence-electron chi connectivity index (χ2n) is 5.12. The van der Waals surface area contributed by atoms with E-state index in [1.54, 1.807) is 31.2 Å². The molecule has 0 aliphatic rings. The first-order valence-corrected chi connectivity index (χ1v) is 7.65. The van der Waals surface area contributed by atoms with E-state index in [0.29, 0.717) is 17.8 Å². The summed E-state index contributed by atoms with van der Waals surface area (Å²) < 4.78 is 10.2. The molecule has 0 radical (unpaired) electrons. The van der Waals surface area contributed by atoms with Crippen LogP contribution in [0.4, 0.5) is 21.0 Å². The van der Waals surface area contributed by atoms with Crippen LogP contribution in [0.15, 0.2) is 60.7 Å². The predicted octanol–water partition coefficient (Wildman–Crippen LogP) is 4.26. The van der Waals surface area contributed by atoms with Crippen LogP contribution in [0.3, 0.4) is 0 Å². The van der Waals surface area contributed by atoms with Crippen molar-refractivity contribution in [1.82, 2.24) is 0 Å². The second-order valence-corrected chi connectivity index (χ2v) is 5.12. The SMILES string of the molecule is C[C@H](CCOC(=O)Nc1ccccc1)OC(=O)Nc1ccccc1. The molecule has 2 N–H and O–H groups in total. The summed E-state index contributed by atoms with van der Waals surface area (Å²) in [6, 6.07) is 18.0. The first-order chi connectivity index (χ1) is 11.6. The van der Waals surface area contributed by atoms with Gasteiger partial charge >= 0.3 is 12.2 Å². The van der Waals surface area contributed by atoms with E-state index in [1.165, 1.54) is 0 Å². The van der Waals surface area contributed by atoms with Gasteiger partial charge in [0.1, 0.15) is 6.10 Å². The molecule has 1 atom stereocenters. The molecular formula is C18H20N2O4. The molecule has 2 aromatic rings. The van der Waals surface area contributed by atoms with Crippen molar-refractivity contribution in [3.8, 4) is 0 Å². The van der Waals surface area contributed by atoms with E-state index in [0.717, 1.165) is 0 Å². The maximum atomic E-state index is 11.7. The van der Waals surface area contributed by atoms with Gasteiger partial charge in [-0.05, 0) is 31.2 Å². The number of nitrogens with one attached hydrogen (secondary N) is 2. The van der Waals surface area contributed by atoms with Crippen molar-refractivity contribution >= 4 is 23.6 Å². The number of anilines is 2. The van der Waals surface area contributed by atoms with Gasteiger partial charge in [0.05, 0.1) is 6.61 Å². The zero-order valence-corrected chi connectivity index (χ0v) is 13.4. The summed E-state index contributed by atoms with van der Waals surface area (Å²) in [5.74, 6) is 0. The molecule has 0 saturated carbocycles. The molecule has 6 heteroatoms. The van der Waals surface area contributed by atoms with Crippen molar-refractivity contribution in [2.75, 3.05) is 17.2 Å². The molecule has 0 aliphatic heterocycles. The Hall–Kier alpha value is -3.02. The Morgan fingerprint density at radius 3 is 1.92 bits per heavy atom. The number of rotatable bonds is 6. The average Bonchev–Trinajstić information content (AvgIpc) is 2.56. The topological polar surface area (TPSA) is 76.7 Å². The van der Waals surface area contributed by atoms with E-state index in [9.17, 15) is 9.59 Å². The fourth-order valence-electron chi connectivity index (χ4n) is 1.90. The summed E-state index contributed by atoms with van der Waals surface area (Å²) in [5, 5.41) is 5.23. The van der Waals surface area contributed by atoms with Gasteiger partial charge in [-0.3, -0.25) is 10.6 Å². The highest BCUT2D eigenvalue weighted by atomic mass is 16.6. The van der Waals surface area contributed by atoms with Crippen LogP contribution in [-0.4, -0.2) is 24.9 Å². The lowest BCUT2D eigenvalue weighted by molar-refractivity contribution is 0.0943. The van der Waals surface area contributed by atoms with Crippen molar-refractivity contribution < 1.29 is 19.1 Å². The van der Waals surface area contributed by atoms with Crippen LogP contribution >= 0.6 is 0 Å². The number of ether oxygens (including phenoxy) is 2. The fourth-order valence-corrected chi connectivity index (χ4v) is 1.90. The predicted molar refractivity (Wildman–Crippen MR) is 92.0 cm³/mol. The van der Waals surface area contributed by atoms with Crippen molar-refractivity contribution in [2.24, 2.45) is 0 Å². The van der Waals surface area contributed by atoms with Crippen LogP contribution < -0.4 is 10.6 Å². The van der Waals surface area contributed by atoms with Crippen LogP contribution in [0.5, 0.6) is 0 Å². The van der Waals surface area contributed by atoms with Gasteiger partial charge in [-0.25, -0.2) is 9.59 Å². The number of hydrogen-bond donors (Lipinski definition) is 2. The Morgan fingerprint density at radius 2 is 1.38 bits per heavy atom. The van der Waals surface area contributed by atoms with E-state index >= 15 is 0 Å². The van der Waals surface area contributed by atoms with E-state index in [1.807, 2.05) is 36.4 Å². The van der Waals surface area contributed by atoms with E-state index in [4.69, 9.17) is 9.47 Å². The summed E-state index contributed by atoms with van der Waals surface area (Å²) in [4.78, 5) is 23.3. The van der Waals surface area contributed by atoms with Crippen LogP contribution in [0.1, 0.15) is 13.3 Å². The third-order valence-electron chi connectivity index (χ3n) is 3.11. The van der Waals surface area contributed by atoms with Gasteiger partial charge in [-0.2, -0.15) is 0 Å². The molecule has 0 unspecified atom stereocenters. The standard InChI is InChI=1S/C18H20N2O4/c1-14(24-18(22)20-16-10-6-3-7-11-16)12-13-23-17(21)19-15-8-4-2-5-9-15/h2-11,14H,12-13H2,1H3,(H,19,21)(H,20,22)/t14-/m1/s1. The lowest BCUT2D eigenvalue weighted by atomic mass is 10.3. The maximum Gasteiger partial charge on any atom is 0.411 e. The molecule has 2 rings (SSSR count). The quantitative estimate of drug-likeness (QED) is 0.830. The van der Waals surface area contributed by atoms with Crippen LogP contribution in [0, 0.1) is 0 Å². The molecule has 0 saturated heterocycles. The van der Waals surface area contributed by atoms with Crippen molar-refractivity contribution in [2.45, 2.75) is 19.4 Å². The molecule has 0 heterocycles. The minimum absolute atomic E-state index is 0.151. The van der Waals surface area contributed by atoms with Crippen molar-refractivity contribution in [3.63, 3.8) is 0 Å². The third-order valence-corrected chi connectivity index (χ3v) is 3.11. The largest absolute Gasteiger partial charge is 0.449 e. The lowest BCUT2D eigenvalue weighted by Gasteiger charge is -2.14. The Labute approximate surface area is 140 Å². The fraction of sp³-hybridized carbons (Fsp3) is 0.222. The van der Waals surface area contributed by atoms with E-state index in [2.05, 4.69) is 10.6 Å². The second kappa shape index (κ2) is 9.19. The summed E-state index contributed by atoms with van der Waals surface area (Å²) >= 11 is 0. The zero-order chi connectivity index (χ0) is 17.2. The monoisotopic (exact) mass is 328 g/mol. The zero-order valence-electron chi connectivity index (χ0n) is 13.4. The molecular weight excluding hydrogens is 308 g/mol. The molecule has 126 valence electrons. The summed E-state index contributed by atoms with van der Waals surface area (Å²) in [6.07, 6.45) is -1.05. The molecule has 0 fully saturated rings. The molecule has 0 bridgehead atoms. The number of para-hydroxylation sites is 2. The van der Waals surface area contributed by atoms with Gasteiger partial charge < -0.3 is 9.47 Å². The van der Waals surface area contributed by atoms with Gasteiger partial charge in [0.25, 0.3) is 0 Å². The highest BCUT2D eigenvalue weighted by Crippen LogP contribution is 2.08. The average molecular weight is 328 g/mol.